The number of nitrogens with zero attached hydrogens (tertiary/aromatic N) is 2. The maximum absolute atomic E-state index is 4.52. The zero-order valence-corrected chi connectivity index (χ0v) is 12.6. The molecule has 2 aromatic rings. The molecule has 18 heavy (non-hydrogen) atoms. The maximum atomic E-state index is 4.52. The monoisotopic (exact) mass is 307 g/mol. The number of aromatic nitrogens is 2. The molecule has 1 aromatic heterocycles. The molecule has 0 aliphatic rings. The van der Waals surface area contributed by atoms with E-state index in [-0.39, 0.29) is 0 Å². The van der Waals surface area contributed by atoms with Crippen LogP contribution in [0, 0.1) is 13.8 Å². The quantitative estimate of drug-likeness (QED) is 0.906. The summed E-state index contributed by atoms with van der Waals surface area (Å²) in [7, 11) is 0. The van der Waals surface area contributed by atoms with Gasteiger partial charge in [0.2, 0.25) is 5.95 Å². The van der Waals surface area contributed by atoms with Crippen molar-refractivity contribution in [1.82, 2.24) is 9.55 Å². The Bertz CT molecular complexity index is 526. The average molecular weight is 308 g/mol. The van der Waals surface area contributed by atoms with Crippen LogP contribution in [-0.4, -0.2) is 9.55 Å². The van der Waals surface area contributed by atoms with Crippen molar-refractivity contribution in [3.63, 3.8) is 0 Å². The van der Waals surface area contributed by atoms with Crippen LogP contribution in [0.25, 0.3) is 0 Å². The first-order valence-electron chi connectivity index (χ1n) is 6.16. The van der Waals surface area contributed by atoms with Crippen molar-refractivity contribution < 1.29 is 0 Å². The van der Waals surface area contributed by atoms with Crippen LogP contribution in [0.5, 0.6) is 0 Å². The van der Waals surface area contributed by atoms with E-state index in [1.165, 1.54) is 5.56 Å². The lowest BCUT2D eigenvalue weighted by Crippen LogP contribution is -2.02. The fourth-order valence-electron chi connectivity index (χ4n) is 2.00. The van der Waals surface area contributed by atoms with Crippen LogP contribution >= 0.6 is 15.9 Å². The van der Waals surface area contributed by atoms with Crippen molar-refractivity contribution >= 4 is 27.6 Å². The maximum Gasteiger partial charge on any atom is 0.207 e. The van der Waals surface area contributed by atoms with Crippen LogP contribution in [0.2, 0.25) is 0 Å². The van der Waals surface area contributed by atoms with E-state index < -0.39 is 0 Å². The number of hydrogen-bond donors (Lipinski definition) is 1. The molecule has 0 aliphatic carbocycles. The van der Waals surface area contributed by atoms with Gasteiger partial charge in [-0.25, -0.2) is 4.98 Å². The predicted molar refractivity (Wildman–Crippen MR) is 79.4 cm³/mol. The normalized spacial score (nSPS) is 10.7. The minimum Gasteiger partial charge on any atom is -0.326 e. The zero-order chi connectivity index (χ0) is 13.1. The van der Waals surface area contributed by atoms with Gasteiger partial charge in [0.25, 0.3) is 0 Å². The highest BCUT2D eigenvalue weighted by Crippen LogP contribution is 2.22. The molecule has 96 valence electrons. The summed E-state index contributed by atoms with van der Waals surface area (Å²) in [5.74, 6) is 0.909. The van der Waals surface area contributed by atoms with E-state index in [4.69, 9.17) is 0 Å². The molecule has 1 aromatic carbocycles. The molecular formula is C14H18BrN3. The number of aryl methyl sites for hydroxylation is 3. The highest BCUT2D eigenvalue weighted by atomic mass is 79.9. The van der Waals surface area contributed by atoms with E-state index in [2.05, 4.69) is 69.0 Å². The molecule has 0 fully saturated rings. The van der Waals surface area contributed by atoms with E-state index in [1.54, 1.807) is 0 Å². The van der Waals surface area contributed by atoms with E-state index in [0.29, 0.717) is 0 Å². The lowest BCUT2D eigenvalue weighted by atomic mass is 10.2. The second-order valence-electron chi connectivity index (χ2n) is 4.54. The highest BCUT2D eigenvalue weighted by molar-refractivity contribution is 9.10. The summed E-state index contributed by atoms with van der Waals surface area (Å²) in [4.78, 5) is 4.52. The van der Waals surface area contributed by atoms with Crippen molar-refractivity contribution in [3.8, 4) is 0 Å². The third kappa shape index (κ3) is 3.13. The Kier molecular flexibility index (Phi) is 4.07. The summed E-state index contributed by atoms with van der Waals surface area (Å²) in [5.41, 5.74) is 3.32. The fourth-order valence-corrected chi connectivity index (χ4v) is 2.60. The minimum absolute atomic E-state index is 0.909. The Labute approximate surface area is 116 Å². The molecule has 0 radical (unpaired) electrons. The van der Waals surface area contributed by atoms with Gasteiger partial charge in [0.1, 0.15) is 0 Å². The van der Waals surface area contributed by atoms with Crippen molar-refractivity contribution in [2.24, 2.45) is 0 Å². The summed E-state index contributed by atoms with van der Waals surface area (Å²) in [6.07, 6.45) is 3.18. The second kappa shape index (κ2) is 5.57. The second-order valence-corrected chi connectivity index (χ2v) is 5.46. The molecule has 2 rings (SSSR count). The van der Waals surface area contributed by atoms with Gasteiger partial charge >= 0.3 is 0 Å². The van der Waals surface area contributed by atoms with Crippen molar-refractivity contribution in [2.45, 2.75) is 33.7 Å². The molecular weight excluding hydrogens is 290 g/mol. The highest BCUT2D eigenvalue weighted by Gasteiger charge is 2.05. The molecule has 0 bridgehead atoms. The third-order valence-electron chi connectivity index (χ3n) is 2.66. The minimum atomic E-state index is 0.909. The number of hydrogen-bond acceptors (Lipinski definition) is 2. The molecule has 1 heterocycles. The van der Waals surface area contributed by atoms with E-state index in [1.807, 2.05) is 6.92 Å². The van der Waals surface area contributed by atoms with E-state index >= 15 is 0 Å². The van der Waals surface area contributed by atoms with Gasteiger partial charge in [-0.2, -0.15) is 0 Å². The van der Waals surface area contributed by atoms with Gasteiger partial charge in [-0.1, -0.05) is 22.9 Å². The van der Waals surface area contributed by atoms with Crippen LogP contribution < -0.4 is 5.32 Å². The van der Waals surface area contributed by atoms with E-state index in [9.17, 15) is 0 Å². The predicted octanol–water partition coefficient (Wildman–Crippen LogP) is 4.42. The summed E-state index contributed by atoms with van der Waals surface area (Å²) in [5, 5.41) is 3.38. The van der Waals surface area contributed by atoms with Crippen LogP contribution in [-0.2, 0) is 6.54 Å². The zero-order valence-electron chi connectivity index (χ0n) is 11.0. The third-order valence-corrected chi connectivity index (χ3v) is 3.12. The van der Waals surface area contributed by atoms with E-state index in [0.717, 1.165) is 34.8 Å². The molecule has 0 spiro atoms. The summed E-state index contributed by atoms with van der Waals surface area (Å²) >= 11 is 3.51. The first-order chi connectivity index (χ1) is 8.58. The number of imidazole rings is 1. The first-order valence-corrected chi connectivity index (χ1v) is 6.96. The van der Waals surface area contributed by atoms with Crippen LogP contribution in [0.1, 0.15) is 24.6 Å². The SMILES string of the molecule is CCCn1cc(C)nc1Nc1cc(C)cc(Br)c1. The standard InChI is InChI=1S/C14H18BrN3/c1-4-5-18-9-11(3)16-14(18)17-13-7-10(2)6-12(15)8-13/h6-9H,4-5H2,1-3H3,(H,16,17). The molecule has 0 unspecified atom stereocenters. The molecule has 0 saturated carbocycles. The summed E-state index contributed by atoms with van der Waals surface area (Å²) in [6.45, 7) is 7.25. The number of nitrogens with one attached hydrogen (secondary N) is 1. The van der Waals surface area contributed by atoms with Crippen molar-refractivity contribution in [2.75, 3.05) is 5.32 Å². The molecule has 1 N–H and O–H groups in total. The number of halogens is 1. The van der Waals surface area contributed by atoms with Crippen LogP contribution in [0.3, 0.4) is 0 Å². The molecule has 4 heteroatoms. The molecule has 0 saturated heterocycles. The lowest BCUT2D eigenvalue weighted by Gasteiger charge is -2.09. The average Bonchev–Trinajstić information content (AvgIpc) is 2.58. The lowest BCUT2D eigenvalue weighted by molar-refractivity contribution is 0.686. The summed E-state index contributed by atoms with van der Waals surface area (Å²) in [6, 6.07) is 6.27. The number of benzene rings is 1. The van der Waals surface area contributed by atoms with Gasteiger partial charge in [0.05, 0.1) is 5.69 Å². The first kappa shape index (κ1) is 13.1. The summed E-state index contributed by atoms with van der Waals surface area (Å²) < 4.78 is 3.24. The van der Waals surface area contributed by atoms with Gasteiger partial charge in [-0.15, -0.1) is 0 Å². The molecule has 0 atom stereocenters. The fraction of sp³-hybridized carbons (Fsp3) is 0.357. The van der Waals surface area contributed by atoms with Crippen molar-refractivity contribution in [3.05, 3.63) is 40.1 Å². The Hall–Kier alpha value is -1.29. The molecule has 0 amide bonds. The van der Waals surface area contributed by atoms with Gasteiger partial charge in [-0.3, -0.25) is 0 Å². The molecule has 3 nitrogen and oxygen atoms in total. The van der Waals surface area contributed by atoms with Gasteiger partial charge in [-0.05, 0) is 44.0 Å². The van der Waals surface area contributed by atoms with Crippen LogP contribution in [0.4, 0.5) is 11.6 Å². The topological polar surface area (TPSA) is 29.9 Å². The number of anilines is 2. The Balaban J connectivity index is 2.27. The van der Waals surface area contributed by atoms with Crippen molar-refractivity contribution in [1.29, 1.82) is 0 Å². The largest absolute Gasteiger partial charge is 0.326 e. The van der Waals surface area contributed by atoms with Gasteiger partial charge < -0.3 is 9.88 Å². The Morgan fingerprint density at radius 2 is 2.06 bits per heavy atom. The Morgan fingerprint density at radius 1 is 1.28 bits per heavy atom. The van der Waals surface area contributed by atoms with Gasteiger partial charge in [0, 0.05) is 22.9 Å². The van der Waals surface area contributed by atoms with Gasteiger partial charge in [0.15, 0.2) is 0 Å². The smallest absolute Gasteiger partial charge is 0.207 e. The number of rotatable bonds is 4. The molecule has 0 aliphatic heterocycles. The Morgan fingerprint density at radius 3 is 2.72 bits per heavy atom. The van der Waals surface area contributed by atoms with Crippen LogP contribution in [0.15, 0.2) is 28.9 Å².